The van der Waals surface area contributed by atoms with E-state index in [0.29, 0.717) is 12.1 Å². The molecule has 0 radical (unpaired) electrons. The summed E-state index contributed by atoms with van der Waals surface area (Å²) in [6, 6.07) is 21.7. The monoisotopic (exact) mass is 416 g/mol. The van der Waals surface area contributed by atoms with E-state index in [2.05, 4.69) is 38.3 Å². The highest BCUT2D eigenvalue weighted by Gasteiger charge is 2.26. The van der Waals surface area contributed by atoms with E-state index in [1.807, 2.05) is 54.7 Å². The standard InChI is InChI=1S/C25H28N4O2/c1-31-23-11-9-22(10-12-23)28-14-16-29(17-15-28)24(21-8-5-13-26-18-21)19-27-25(30)20-6-3-2-4-7-20/h2-13,18,24H,14-17,19H2,1H3,(H,27,30)/t24-/m0/s1. The third-order valence-electron chi connectivity index (χ3n) is 5.75. The van der Waals surface area contributed by atoms with Gasteiger partial charge in [0.15, 0.2) is 0 Å². The summed E-state index contributed by atoms with van der Waals surface area (Å²) in [6.45, 7) is 4.22. The lowest BCUT2D eigenvalue weighted by Gasteiger charge is -2.40. The van der Waals surface area contributed by atoms with Gasteiger partial charge in [-0.25, -0.2) is 0 Å². The SMILES string of the molecule is COc1ccc(N2CCN([C@@H](CNC(=O)c3ccccc3)c3cccnc3)CC2)cc1. The number of nitrogens with one attached hydrogen (secondary N) is 1. The number of amides is 1. The lowest BCUT2D eigenvalue weighted by molar-refractivity contribution is 0.0930. The first-order valence-corrected chi connectivity index (χ1v) is 10.6. The number of aromatic nitrogens is 1. The van der Waals surface area contributed by atoms with Gasteiger partial charge in [0.25, 0.3) is 5.91 Å². The Morgan fingerprint density at radius 3 is 2.39 bits per heavy atom. The number of anilines is 1. The number of carbonyl (C=O) groups excluding carboxylic acids is 1. The molecule has 0 saturated carbocycles. The highest BCUT2D eigenvalue weighted by molar-refractivity contribution is 5.94. The van der Waals surface area contributed by atoms with E-state index < -0.39 is 0 Å². The average molecular weight is 417 g/mol. The summed E-state index contributed by atoms with van der Waals surface area (Å²) < 4.78 is 5.27. The molecular formula is C25H28N4O2. The van der Waals surface area contributed by atoms with Crippen LogP contribution in [0.3, 0.4) is 0 Å². The van der Waals surface area contributed by atoms with E-state index in [1.54, 1.807) is 13.3 Å². The number of ether oxygens (including phenoxy) is 1. The van der Waals surface area contributed by atoms with Crippen molar-refractivity contribution in [3.05, 3.63) is 90.3 Å². The third kappa shape index (κ3) is 5.22. The topological polar surface area (TPSA) is 57.7 Å². The van der Waals surface area contributed by atoms with Crippen LogP contribution in [0.1, 0.15) is 22.0 Å². The molecule has 1 aromatic heterocycles. The Bertz CT molecular complexity index is 956. The molecule has 2 heterocycles. The van der Waals surface area contributed by atoms with Crippen molar-refractivity contribution in [2.24, 2.45) is 0 Å². The summed E-state index contributed by atoms with van der Waals surface area (Å²) >= 11 is 0. The number of pyridine rings is 1. The van der Waals surface area contributed by atoms with Gasteiger partial charge in [0.05, 0.1) is 13.2 Å². The zero-order valence-corrected chi connectivity index (χ0v) is 17.8. The Hall–Kier alpha value is -3.38. The van der Waals surface area contributed by atoms with E-state index in [9.17, 15) is 4.79 Å². The van der Waals surface area contributed by atoms with E-state index in [-0.39, 0.29) is 11.9 Å². The van der Waals surface area contributed by atoms with Crippen LogP contribution in [-0.2, 0) is 0 Å². The van der Waals surface area contributed by atoms with E-state index >= 15 is 0 Å². The molecule has 1 amide bonds. The minimum absolute atomic E-state index is 0.0497. The summed E-state index contributed by atoms with van der Waals surface area (Å²) in [6.07, 6.45) is 3.68. The Kier molecular flexibility index (Phi) is 6.79. The predicted molar refractivity (Wildman–Crippen MR) is 123 cm³/mol. The Labute approximate surface area is 183 Å². The minimum Gasteiger partial charge on any atom is -0.497 e. The quantitative estimate of drug-likeness (QED) is 0.640. The molecular weight excluding hydrogens is 388 g/mol. The molecule has 0 spiro atoms. The molecule has 160 valence electrons. The number of carbonyl (C=O) groups is 1. The second kappa shape index (κ2) is 10.1. The molecule has 2 aromatic carbocycles. The number of rotatable bonds is 7. The van der Waals surface area contributed by atoms with Crippen molar-refractivity contribution in [1.29, 1.82) is 0 Å². The lowest BCUT2D eigenvalue weighted by atomic mass is 10.1. The summed E-state index contributed by atoms with van der Waals surface area (Å²) in [5.74, 6) is 0.819. The molecule has 3 aromatic rings. The van der Waals surface area contributed by atoms with Crippen LogP contribution in [0.25, 0.3) is 0 Å². The first-order valence-electron chi connectivity index (χ1n) is 10.6. The minimum atomic E-state index is -0.0497. The molecule has 1 saturated heterocycles. The maximum atomic E-state index is 12.6. The number of nitrogens with zero attached hydrogens (tertiary/aromatic N) is 3. The molecule has 1 fully saturated rings. The van der Waals surface area contributed by atoms with Crippen LogP contribution in [0.5, 0.6) is 5.75 Å². The van der Waals surface area contributed by atoms with Crippen molar-refractivity contribution in [3.63, 3.8) is 0 Å². The smallest absolute Gasteiger partial charge is 0.251 e. The van der Waals surface area contributed by atoms with Crippen molar-refractivity contribution < 1.29 is 9.53 Å². The molecule has 1 atom stereocenters. The molecule has 1 aliphatic rings. The molecule has 31 heavy (non-hydrogen) atoms. The fourth-order valence-corrected chi connectivity index (χ4v) is 4.00. The van der Waals surface area contributed by atoms with Crippen molar-refractivity contribution in [1.82, 2.24) is 15.2 Å². The molecule has 0 aliphatic carbocycles. The van der Waals surface area contributed by atoms with Crippen molar-refractivity contribution >= 4 is 11.6 Å². The van der Waals surface area contributed by atoms with Crippen LogP contribution >= 0.6 is 0 Å². The van der Waals surface area contributed by atoms with Gasteiger partial charge in [-0.1, -0.05) is 24.3 Å². The number of piperazine rings is 1. The normalized spacial score (nSPS) is 15.3. The highest BCUT2D eigenvalue weighted by Crippen LogP contribution is 2.25. The van der Waals surface area contributed by atoms with Crippen molar-refractivity contribution in [3.8, 4) is 5.75 Å². The Balaban J connectivity index is 1.42. The fraction of sp³-hybridized carbons (Fsp3) is 0.280. The zero-order valence-electron chi connectivity index (χ0n) is 17.8. The van der Waals surface area contributed by atoms with Gasteiger partial charge in [-0.15, -0.1) is 0 Å². The maximum absolute atomic E-state index is 12.6. The van der Waals surface area contributed by atoms with Crippen LogP contribution in [0.4, 0.5) is 5.69 Å². The first-order chi connectivity index (χ1) is 15.2. The van der Waals surface area contributed by atoms with Crippen LogP contribution in [-0.4, -0.2) is 55.6 Å². The van der Waals surface area contributed by atoms with Gasteiger partial charge in [0, 0.05) is 56.4 Å². The van der Waals surface area contributed by atoms with E-state index in [1.165, 1.54) is 5.69 Å². The van der Waals surface area contributed by atoms with E-state index in [4.69, 9.17) is 4.74 Å². The average Bonchev–Trinajstić information content (AvgIpc) is 2.86. The number of hydrogen-bond donors (Lipinski definition) is 1. The fourth-order valence-electron chi connectivity index (χ4n) is 4.00. The molecule has 1 aliphatic heterocycles. The second-order valence-corrected chi connectivity index (χ2v) is 7.60. The highest BCUT2D eigenvalue weighted by atomic mass is 16.5. The van der Waals surface area contributed by atoms with Crippen LogP contribution in [0, 0.1) is 0 Å². The molecule has 0 bridgehead atoms. The van der Waals surface area contributed by atoms with Crippen LogP contribution in [0.15, 0.2) is 79.1 Å². The van der Waals surface area contributed by atoms with Gasteiger partial charge >= 0.3 is 0 Å². The largest absolute Gasteiger partial charge is 0.497 e. The summed E-state index contributed by atoms with van der Waals surface area (Å²) in [5.41, 5.74) is 3.00. The van der Waals surface area contributed by atoms with Gasteiger partial charge in [-0.2, -0.15) is 0 Å². The van der Waals surface area contributed by atoms with Crippen LogP contribution in [0.2, 0.25) is 0 Å². The number of hydrogen-bond acceptors (Lipinski definition) is 5. The molecule has 1 N–H and O–H groups in total. The Morgan fingerprint density at radius 1 is 1.00 bits per heavy atom. The molecule has 0 unspecified atom stereocenters. The first kappa shape index (κ1) is 20.9. The van der Waals surface area contributed by atoms with Gasteiger partial charge in [0.2, 0.25) is 0 Å². The summed E-state index contributed by atoms with van der Waals surface area (Å²) in [5, 5.41) is 3.11. The third-order valence-corrected chi connectivity index (χ3v) is 5.75. The molecule has 6 heteroatoms. The second-order valence-electron chi connectivity index (χ2n) is 7.60. The van der Waals surface area contributed by atoms with Crippen LogP contribution < -0.4 is 15.0 Å². The van der Waals surface area contributed by atoms with E-state index in [0.717, 1.165) is 37.5 Å². The van der Waals surface area contributed by atoms with Gasteiger partial charge < -0.3 is 15.0 Å². The van der Waals surface area contributed by atoms with Crippen molar-refractivity contribution in [2.45, 2.75) is 6.04 Å². The molecule has 6 nitrogen and oxygen atoms in total. The zero-order chi connectivity index (χ0) is 21.5. The number of benzene rings is 2. The Morgan fingerprint density at radius 2 is 1.74 bits per heavy atom. The summed E-state index contributed by atoms with van der Waals surface area (Å²) in [4.78, 5) is 21.7. The predicted octanol–water partition coefficient (Wildman–Crippen LogP) is 3.38. The lowest BCUT2D eigenvalue weighted by Crippen LogP contribution is -2.50. The van der Waals surface area contributed by atoms with Gasteiger partial charge in [-0.3, -0.25) is 14.7 Å². The maximum Gasteiger partial charge on any atom is 0.251 e. The number of methoxy groups -OCH3 is 1. The summed E-state index contributed by atoms with van der Waals surface area (Å²) in [7, 11) is 1.68. The van der Waals surface area contributed by atoms with Gasteiger partial charge in [0.1, 0.15) is 5.75 Å². The van der Waals surface area contributed by atoms with Crippen molar-refractivity contribution in [2.75, 3.05) is 44.7 Å². The molecule has 4 rings (SSSR count). The van der Waals surface area contributed by atoms with Gasteiger partial charge in [-0.05, 0) is 48.0 Å².